The summed E-state index contributed by atoms with van der Waals surface area (Å²) in [6, 6.07) is 0. The van der Waals surface area contributed by atoms with E-state index in [1.807, 2.05) is 6.26 Å². The van der Waals surface area contributed by atoms with Gasteiger partial charge in [0.25, 0.3) is 0 Å². The van der Waals surface area contributed by atoms with Crippen molar-refractivity contribution in [1.82, 2.24) is 0 Å². The largest absolute Gasteiger partial charge is 0.545 e. The van der Waals surface area contributed by atoms with Gasteiger partial charge in [0.05, 0.1) is 5.97 Å². The maximum Gasteiger partial charge on any atom is 0.330 e. The highest BCUT2D eigenvalue weighted by atomic mass is 32.2. The van der Waals surface area contributed by atoms with Gasteiger partial charge in [0.1, 0.15) is 6.61 Å². The molecule has 0 spiro atoms. The van der Waals surface area contributed by atoms with Crippen molar-refractivity contribution in [3.63, 3.8) is 0 Å². The smallest absolute Gasteiger partial charge is 0.330 e. The Hall–Kier alpha value is -1.23. The molecule has 0 amide bonds. The standard InChI is InChI=1S/C9H12O4S/c1-14-7-6-13-9(12)5-3-2-4-8(10)11/h2-5H,6-7H2,1H3,(H,10,11)/p-1/b4-2-,5-3-. The molecule has 5 heteroatoms. The van der Waals surface area contributed by atoms with Crippen LogP contribution in [0.25, 0.3) is 0 Å². The van der Waals surface area contributed by atoms with Crippen LogP contribution in [-0.2, 0) is 14.3 Å². The van der Waals surface area contributed by atoms with E-state index in [1.165, 1.54) is 12.2 Å². The van der Waals surface area contributed by atoms with E-state index < -0.39 is 11.9 Å². The molecule has 0 aromatic rings. The number of carboxylic acid groups (broad SMARTS) is 1. The van der Waals surface area contributed by atoms with E-state index in [0.29, 0.717) is 6.61 Å². The molecule has 0 aromatic heterocycles. The second kappa shape index (κ2) is 8.37. The molecule has 0 unspecified atom stereocenters. The summed E-state index contributed by atoms with van der Waals surface area (Å²) in [5.74, 6) is -1.04. The fraction of sp³-hybridized carbons (Fsp3) is 0.333. The molecule has 0 fully saturated rings. The van der Waals surface area contributed by atoms with Crippen molar-refractivity contribution >= 4 is 23.7 Å². The van der Waals surface area contributed by atoms with Gasteiger partial charge in [-0.1, -0.05) is 12.2 Å². The second-order valence-corrected chi connectivity index (χ2v) is 3.18. The van der Waals surface area contributed by atoms with Gasteiger partial charge in [-0.3, -0.25) is 0 Å². The third-order valence-corrected chi connectivity index (χ3v) is 1.68. The number of thioether (sulfide) groups is 1. The lowest BCUT2D eigenvalue weighted by molar-refractivity contribution is -0.297. The van der Waals surface area contributed by atoms with E-state index >= 15 is 0 Å². The summed E-state index contributed by atoms with van der Waals surface area (Å²) < 4.78 is 4.75. The van der Waals surface area contributed by atoms with Gasteiger partial charge in [-0.05, 0) is 12.3 Å². The maximum atomic E-state index is 10.8. The predicted octanol–water partition coefficient (Wildman–Crippen LogP) is -0.245. The van der Waals surface area contributed by atoms with Crippen molar-refractivity contribution in [2.75, 3.05) is 18.6 Å². The molecular weight excluding hydrogens is 204 g/mol. The van der Waals surface area contributed by atoms with E-state index in [9.17, 15) is 14.7 Å². The van der Waals surface area contributed by atoms with Crippen LogP contribution in [0.2, 0.25) is 0 Å². The zero-order valence-corrected chi connectivity index (χ0v) is 8.58. The zero-order chi connectivity index (χ0) is 10.8. The Morgan fingerprint density at radius 2 is 2.00 bits per heavy atom. The molecule has 14 heavy (non-hydrogen) atoms. The van der Waals surface area contributed by atoms with Crippen LogP contribution in [0.1, 0.15) is 0 Å². The molecule has 0 aromatic carbocycles. The quantitative estimate of drug-likeness (QED) is 0.265. The van der Waals surface area contributed by atoms with Crippen LogP contribution < -0.4 is 5.11 Å². The van der Waals surface area contributed by atoms with Crippen LogP contribution >= 0.6 is 11.8 Å². The Bertz CT molecular complexity index is 245. The Kier molecular flexibility index (Phi) is 7.64. The molecule has 0 aliphatic rings. The van der Waals surface area contributed by atoms with Gasteiger partial charge in [0.15, 0.2) is 0 Å². The summed E-state index contributed by atoms with van der Waals surface area (Å²) in [6.45, 7) is 0.356. The SMILES string of the molecule is CSCCOC(=O)/C=C\C=C/C(=O)[O-]. The van der Waals surface area contributed by atoms with Gasteiger partial charge in [0.2, 0.25) is 0 Å². The van der Waals surface area contributed by atoms with Gasteiger partial charge in [-0.15, -0.1) is 0 Å². The minimum Gasteiger partial charge on any atom is -0.545 e. The van der Waals surface area contributed by atoms with Crippen LogP contribution in [0.3, 0.4) is 0 Å². The summed E-state index contributed by atoms with van der Waals surface area (Å²) in [5, 5.41) is 9.90. The number of ether oxygens (including phenoxy) is 1. The molecule has 0 aliphatic carbocycles. The van der Waals surface area contributed by atoms with Crippen molar-refractivity contribution in [3.05, 3.63) is 24.3 Å². The first kappa shape index (κ1) is 12.8. The summed E-state index contributed by atoms with van der Waals surface area (Å²) in [7, 11) is 0. The van der Waals surface area contributed by atoms with Crippen molar-refractivity contribution in [2.45, 2.75) is 0 Å². The molecule has 0 bridgehead atoms. The van der Waals surface area contributed by atoms with Gasteiger partial charge in [0, 0.05) is 11.8 Å². The molecule has 0 saturated carbocycles. The van der Waals surface area contributed by atoms with Crippen molar-refractivity contribution < 1.29 is 19.4 Å². The first-order chi connectivity index (χ1) is 6.66. The average Bonchev–Trinajstić information content (AvgIpc) is 2.13. The molecule has 78 valence electrons. The topological polar surface area (TPSA) is 66.4 Å². The number of allylic oxidation sites excluding steroid dienone is 2. The highest BCUT2D eigenvalue weighted by Crippen LogP contribution is 1.91. The molecule has 0 atom stereocenters. The Morgan fingerprint density at radius 3 is 2.57 bits per heavy atom. The maximum absolute atomic E-state index is 10.8. The minimum absolute atomic E-state index is 0.356. The Morgan fingerprint density at radius 1 is 1.36 bits per heavy atom. The number of carboxylic acids is 1. The van der Waals surface area contributed by atoms with Gasteiger partial charge in [-0.2, -0.15) is 11.8 Å². The number of esters is 1. The number of hydrogen-bond donors (Lipinski definition) is 0. The number of rotatable bonds is 6. The zero-order valence-electron chi connectivity index (χ0n) is 7.76. The lowest BCUT2D eigenvalue weighted by atomic mass is 10.4. The van der Waals surface area contributed by atoms with Crippen molar-refractivity contribution in [2.24, 2.45) is 0 Å². The average molecular weight is 215 g/mol. The highest BCUT2D eigenvalue weighted by Gasteiger charge is 1.93. The lowest BCUT2D eigenvalue weighted by Crippen LogP contribution is -2.18. The molecule has 4 nitrogen and oxygen atoms in total. The third kappa shape index (κ3) is 8.86. The molecule has 0 radical (unpaired) electrons. The molecule has 0 saturated heterocycles. The lowest BCUT2D eigenvalue weighted by Gasteiger charge is -1.97. The predicted molar refractivity (Wildman–Crippen MR) is 52.6 cm³/mol. The summed E-state index contributed by atoms with van der Waals surface area (Å²) >= 11 is 1.57. The van der Waals surface area contributed by atoms with Crippen LogP contribution in [0.4, 0.5) is 0 Å². The second-order valence-electron chi connectivity index (χ2n) is 2.20. The number of aliphatic carboxylic acids is 1. The third-order valence-electron chi connectivity index (χ3n) is 1.11. The number of carbonyl (C=O) groups is 2. The van der Waals surface area contributed by atoms with Crippen LogP contribution in [0, 0.1) is 0 Å². The highest BCUT2D eigenvalue weighted by molar-refractivity contribution is 7.98. The summed E-state index contributed by atoms with van der Waals surface area (Å²) in [6.07, 6.45) is 6.38. The summed E-state index contributed by atoms with van der Waals surface area (Å²) in [5.41, 5.74) is 0. The van der Waals surface area contributed by atoms with E-state index in [2.05, 4.69) is 0 Å². The van der Waals surface area contributed by atoms with Gasteiger partial charge in [-0.25, -0.2) is 4.79 Å². The molecule has 0 heterocycles. The summed E-state index contributed by atoms with van der Waals surface area (Å²) in [4.78, 5) is 20.8. The molecule has 0 aliphatic heterocycles. The molecule has 0 N–H and O–H groups in total. The number of carbonyl (C=O) groups excluding carboxylic acids is 2. The Labute approximate surface area is 86.6 Å². The number of hydrogen-bond acceptors (Lipinski definition) is 5. The normalized spacial score (nSPS) is 10.9. The van der Waals surface area contributed by atoms with E-state index in [1.54, 1.807) is 11.8 Å². The molecule has 0 rings (SSSR count). The van der Waals surface area contributed by atoms with E-state index in [0.717, 1.165) is 17.9 Å². The fourth-order valence-corrected chi connectivity index (χ4v) is 0.792. The minimum atomic E-state index is -1.30. The van der Waals surface area contributed by atoms with E-state index in [4.69, 9.17) is 4.74 Å². The van der Waals surface area contributed by atoms with Crippen LogP contribution in [0.5, 0.6) is 0 Å². The van der Waals surface area contributed by atoms with Gasteiger partial charge < -0.3 is 14.6 Å². The monoisotopic (exact) mass is 215 g/mol. The fourth-order valence-electron chi connectivity index (χ4n) is 0.542. The molecular formula is C9H11O4S-. The Balaban J connectivity index is 3.66. The van der Waals surface area contributed by atoms with E-state index in [-0.39, 0.29) is 0 Å². The van der Waals surface area contributed by atoms with Crippen molar-refractivity contribution in [3.8, 4) is 0 Å². The van der Waals surface area contributed by atoms with Crippen LogP contribution in [-0.4, -0.2) is 30.6 Å². The first-order valence-corrected chi connectivity index (χ1v) is 5.27. The van der Waals surface area contributed by atoms with Gasteiger partial charge >= 0.3 is 5.97 Å². The van der Waals surface area contributed by atoms with Crippen LogP contribution in [0.15, 0.2) is 24.3 Å². The van der Waals surface area contributed by atoms with Crippen molar-refractivity contribution in [1.29, 1.82) is 0 Å². The first-order valence-electron chi connectivity index (χ1n) is 3.88.